The van der Waals surface area contributed by atoms with Gasteiger partial charge < -0.3 is 15.4 Å². The lowest BCUT2D eigenvalue weighted by atomic mass is 10.1. The van der Waals surface area contributed by atoms with Crippen LogP contribution in [0.1, 0.15) is 32.3 Å². The van der Waals surface area contributed by atoms with Crippen LogP contribution in [0.4, 0.5) is 5.69 Å². The van der Waals surface area contributed by atoms with Gasteiger partial charge in [-0.2, -0.15) is 0 Å². The Morgan fingerprint density at radius 2 is 1.72 bits per heavy atom. The molecule has 0 aliphatic carbocycles. The molecule has 0 atom stereocenters. The molecule has 0 unspecified atom stereocenters. The average Bonchev–Trinajstić information content (AvgIpc) is 2.63. The van der Waals surface area contributed by atoms with Crippen LogP contribution in [0.15, 0.2) is 54.6 Å². The van der Waals surface area contributed by atoms with Gasteiger partial charge in [0.05, 0.1) is 0 Å². The fraction of sp³-hybridized carbons (Fsp3) is 0.381. The molecule has 0 bridgehead atoms. The largest absolute Gasteiger partial charge is 0.489 e. The molecular weight excluding hydrogens is 312 g/mol. The molecule has 0 fully saturated rings. The van der Waals surface area contributed by atoms with Gasteiger partial charge in [-0.25, -0.2) is 0 Å². The minimum Gasteiger partial charge on any atom is -0.489 e. The number of hydrogen-bond donors (Lipinski definition) is 2. The lowest BCUT2D eigenvalue weighted by Gasteiger charge is -2.10. The van der Waals surface area contributed by atoms with E-state index in [1.165, 1.54) is 0 Å². The van der Waals surface area contributed by atoms with Crippen molar-refractivity contribution in [3.05, 3.63) is 60.2 Å². The summed E-state index contributed by atoms with van der Waals surface area (Å²) in [5, 5.41) is 6.23. The lowest BCUT2D eigenvalue weighted by molar-refractivity contribution is -0.121. The van der Waals surface area contributed by atoms with E-state index in [1.54, 1.807) is 0 Å². The first kappa shape index (κ1) is 18.8. The average molecular weight is 340 g/mol. The van der Waals surface area contributed by atoms with Crippen LogP contribution in [0.5, 0.6) is 5.75 Å². The molecule has 1 amide bonds. The van der Waals surface area contributed by atoms with Gasteiger partial charge in [-0.3, -0.25) is 4.79 Å². The number of rotatable bonds is 10. The minimum absolute atomic E-state index is 0.125. The summed E-state index contributed by atoms with van der Waals surface area (Å²) in [6.07, 6.45) is 1.54. The van der Waals surface area contributed by atoms with Crippen LogP contribution in [-0.2, 0) is 11.4 Å². The number of amides is 1. The van der Waals surface area contributed by atoms with Crippen LogP contribution in [-0.4, -0.2) is 19.0 Å². The zero-order chi connectivity index (χ0) is 17.9. The van der Waals surface area contributed by atoms with E-state index in [9.17, 15) is 4.79 Å². The highest BCUT2D eigenvalue weighted by Crippen LogP contribution is 2.16. The van der Waals surface area contributed by atoms with E-state index in [0.717, 1.165) is 23.4 Å². The van der Waals surface area contributed by atoms with E-state index in [2.05, 4.69) is 24.5 Å². The number of carbonyl (C=O) groups is 1. The van der Waals surface area contributed by atoms with Gasteiger partial charge in [-0.05, 0) is 42.2 Å². The monoisotopic (exact) mass is 340 g/mol. The summed E-state index contributed by atoms with van der Waals surface area (Å²) in [6, 6.07) is 18.0. The number of benzene rings is 2. The molecule has 134 valence electrons. The molecule has 0 spiro atoms. The number of carbonyl (C=O) groups excluding carboxylic acids is 1. The minimum atomic E-state index is 0.125. The molecule has 0 heterocycles. The molecule has 2 N–H and O–H groups in total. The lowest BCUT2D eigenvalue weighted by Crippen LogP contribution is -2.28. The molecule has 25 heavy (non-hydrogen) atoms. The van der Waals surface area contributed by atoms with Crippen LogP contribution >= 0.6 is 0 Å². The molecule has 0 aliphatic heterocycles. The fourth-order valence-electron chi connectivity index (χ4n) is 2.33. The molecule has 0 aliphatic rings. The molecule has 2 rings (SSSR count). The normalized spacial score (nSPS) is 10.5. The molecule has 0 radical (unpaired) electrons. The van der Waals surface area contributed by atoms with Gasteiger partial charge in [-0.15, -0.1) is 0 Å². The third-order valence-electron chi connectivity index (χ3n) is 3.83. The van der Waals surface area contributed by atoms with Gasteiger partial charge in [0, 0.05) is 25.2 Å². The first-order valence-electron chi connectivity index (χ1n) is 8.91. The van der Waals surface area contributed by atoms with E-state index in [1.807, 2.05) is 54.6 Å². The smallest absolute Gasteiger partial charge is 0.220 e. The fourth-order valence-corrected chi connectivity index (χ4v) is 2.33. The Labute approximate surface area is 150 Å². The Hall–Kier alpha value is -2.49. The molecule has 2 aromatic rings. The highest BCUT2D eigenvalue weighted by atomic mass is 16.5. The van der Waals surface area contributed by atoms with Crippen LogP contribution < -0.4 is 15.4 Å². The molecular formula is C21H28N2O2. The van der Waals surface area contributed by atoms with Crippen molar-refractivity contribution in [3.63, 3.8) is 0 Å². The summed E-state index contributed by atoms with van der Waals surface area (Å²) in [7, 11) is 0. The molecule has 2 aromatic carbocycles. The van der Waals surface area contributed by atoms with E-state index >= 15 is 0 Å². The summed E-state index contributed by atoms with van der Waals surface area (Å²) in [5.74, 6) is 1.53. The van der Waals surface area contributed by atoms with Crippen LogP contribution in [0, 0.1) is 5.92 Å². The predicted molar refractivity (Wildman–Crippen MR) is 103 cm³/mol. The second-order valence-corrected chi connectivity index (χ2v) is 6.51. The molecule has 4 heteroatoms. The van der Waals surface area contributed by atoms with Gasteiger partial charge in [0.2, 0.25) is 5.91 Å². The molecule has 4 nitrogen and oxygen atoms in total. The maximum absolute atomic E-state index is 11.6. The van der Waals surface area contributed by atoms with Crippen molar-refractivity contribution in [2.45, 2.75) is 33.3 Å². The summed E-state index contributed by atoms with van der Waals surface area (Å²) in [6.45, 7) is 6.15. The summed E-state index contributed by atoms with van der Waals surface area (Å²) >= 11 is 0. The third kappa shape index (κ3) is 7.75. The Balaban J connectivity index is 1.64. The van der Waals surface area contributed by atoms with Crippen molar-refractivity contribution in [2.75, 3.05) is 18.4 Å². The Kier molecular flexibility index (Phi) is 7.83. The van der Waals surface area contributed by atoms with Crippen molar-refractivity contribution in [1.82, 2.24) is 5.32 Å². The van der Waals surface area contributed by atoms with Crippen molar-refractivity contribution >= 4 is 11.6 Å². The number of anilines is 1. The SMILES string of the molecule is CC(C)CCC(=O)NCCNc1ccc(OCc2ccccc2)cc1. The first-order valence-corrected chi connectivity index (χ1v) is 8.91. The second-order valence-electron chi connectivity index (χ2n) is 6.51. The van der Waals surface area contributed by atoms with Gasteiger partial charge in [0.15, 0.2) is 0 Å². The molecule has 0 saturated heterocycles. The standard InChI is InChI=1S/C21H28N2O2/c1-17(2)8-13-21(24)23-15-14-22-19-9-11-20(12-10-19)25-16-18-6-4-3-5-7-18/h3-7,9-12,17,22H,8,13-16H2,1-2H3,(H,23,24). The van der Waals surface area contributed by atoms with Crippen molar-refractivity contribution in [3.8, 4) is 5.75 Å². The van der Waals surface area contributed by atoms with Crippen molar-refractivity contribution < 1.29 is 9.53 Å². The molecule has 0 saturated carbocycles. The second kappa shape index (κ2) is 10.4. The maximum Gasteiger partial charge on any atom is 0.220 e. The zero-order valence-corrected chi connectivity index (χ0v) is 15.1. The third-order valence-corrected chi connectivity index (χ3v) is 3.83. The first-order chi connectivity index (χ1) is 12.1. The Morgan fingerprint density at radius 3 is 2.40 bits per heavy atom. The van der Waals surface area contributed by atoms with Crippen LogP contribution in [0.3, 0.4) is 0 Å². The summed E-state index contributed by atoms with van der Waals surface area (Å²) in [5.41, 5.74) is 2.17. The van der Waals surface area contributed by atoms with Gasteiger partial charge in [0.1, 0.15) is 12.4 Å². The van der Waals surface area contributed by atoms with Gasteiger partial charge in [0.25, 0.3) is 0 Å². The van der Waals surface area contributed by atoms with E-state index in [0.29, 0.717) is 32.0 Å². The van der Waals surface area contributed by atoms with E-state index < -0.39 is 0 Å². The Morgan fingerprint density at radius 1 is 1.00 bits per heavy atom. The zero-order valence-electron chi connectivity index (χ0n) is 15.1. The number of ether oxygens (including phenoxy) is 1. The van der Waals surface area contributed by atoms with Crippen molar-refractivity contribution in [2.24, 2.45) is 5.92 Å². The summed E-state index contributed by atoms with van der Waals surface area (Å²) < 4.78 is 5.77. The highest BCUT2D eigenvalue weighted by Gasteiger charge is 2.02. The predicted octanol–water partition coefficient (Wildman–Crippen LogP) is 4.23. The quantitative estimate of drug-likeness (QED) is 0.636. The number of nitrogens with one attached hydrogen (secondary N) is 2. The van der Waals surface area contributed by atoms with E-state index in [4.69, 9.17) is 4.74 Å². The highest BCUT2D eigenvalue weighted by molar-refractivity contribution is 5.75. The maximum atomic E-state index is 11.6. The summed E-state index contributed by atoms with van der Waals surface area (Å²) in [4.78, 5) is 11.6. The topological polar surface area (TPSA) is 50.4 Å². The van der Waals surface area contributed by atoms with Gasteiger partial charge in [-0.1, -0.05) is 44.2 Å². The number of hydrogen-bond acceptors (Lipinski definition) is 3. The van der Waals surface area contributed by atoms with Crippen LogP contribution in [0.25, 0.3) is 0 Å². The van der Waals surface area contributed by atoms with E-state index in [-0.39, 0.29) is 5.91 Å². The molecule has 0 aromatic heterocycles. The van der Waals surface area contributed by atoms with Crippen LogP contribution in [0.2, 0.25) is 0 Å². The van der Waals surface area contributed by atoms with Crippen molar-refractivity contribution in [1.29, 1.82) is 0 Å². The Bertz CT molecular complexity index is 624. The van der Waals surface area contributed by atoms with Gasteiger partial charge >= 0.3 is 0 Å².